The average Bonchev–Trinajstić information content (AvgIpc) is 2.85. The predicted molar refractivity (Wildman–Crippen MR) is 87.6 cm³/mol. The van der Waals surface area contributed by atoms with Gasteiger partial charge in [0.25, 0.3) is 0 Å². The Morgan fingerprint density at radius 3 is 2.86 bits per heavy atom. The van der Waals surface area contributed by atoms with Crippen molar-refractivity contribution < 1.29 is 0 Å². The van der Waals surface area contributed by atoms with Gasteiger partial charge in [0.1, 0.15) is 0 Å². The lowest BCUT2D eigenvalue weighted by molar-refractivity contribution is 0.558. The van der Waals surface area contributed by atoms with E-state index in [1.54, 1.807) is 0 Å². The fourth-order valence-corrected chi connectivity index (χ4v) is 2.78. The van der Waals surface area contributed by atoms with Gasteiger partial charge < -0.3 is 5.32 Å². The fourth-order valence-electron chi connectivity index (χ4n) is 2.47. The second-order valence-electron chi connectivity index (χ2n) is 5.26. The van der Waals surface area contributed by atoms with Gasteiger partial charge in [0, 0.05) is 29.7 Å². The summed E-state index contributed by atoms with van der Waals surface area (Å²) in [6, 6.07) is 14.3. The third-order valence-corrected chi connectivity index (χ3v) is 3.63. The van der Waals surface area contributed by atoms with E-state index in [-0.39, 0.29) is 0 Å². The highest BCUT2D eigenvalue weighted by Gasteiger charge is 2.00. The molecule has 2 aromatic carbocycles. The molecule has 0 unspecified atom stereocenters. The van der Waals surface area contributed by atoms with Crippen molar-refractivity contribution in [2.45, 2.75) is 20.0 Å². The number of nitrogens with one attached hydrogen (secondary N) is 1. The van der Waals surface area contributed by atoms with Crippen LogP contribution in [0.4, 0.5) is 0 Å². The molecule has 0 saturated carbocycles. The molecule has 0 spiro atoms. The van der Waals surface area contributed by atoms with Crippen molar-refractivity contribution in [2.24, 2.45) is 0 Å². The normalized spacial score (nSPS) is 11.1. The van der Waals surface area contributed by atoms with Gasteiger partial charge in [-0.25, -0.2) is 0 Å². The summed E-state index contributed by atoms with van der Waals surface area (Å²) in [6.45, 7) is 4.61. The molecule has 0 radical (unpaired) electrons. The summed E-state index contributed by atoms with van der Waals surface area (Å²) < 4.78 is 1.99. The summed E-state index contributed by atoms with van der Waals surface area (Å²) in [5, 5.41) is 9.95. The molecule has 0 saturated heterocycles. The third kappa shape index (κ3) is 3.63. The van der Waals surface area contributed by atoms with E-state index in [2.05, 4.69) is 35.7 Å². The molecule has 108 valence electrons. The Kier molecular flexibility index (Phi) is 4.23. The molecule has 4 heteroatoms. The van der Waals surface area contributed by atoms with Crippen LogP contribution >= 0.6 is 11.6 Å². The van der Waals surface area contributed by atoms with Crippen molar-refractivity contribution in [1.29, 1.82) is 0 Å². The quantitative estimate of drug-likeness (QED) is 0.727. The summed E-state index contributed by atoms with van der Waals surface area (Å²) >= 11 is 6.06. The molecule has 0 aliphatic heterocycles. The van der Waals surface area contributed by atoms with Gasteiger partial charge in [0.2, 0.25) is 0 Å². The number of benzene rings is 2. The van der Waals surface area contributed by atoms with E-state index in [0.717, 1.165) is 30.2 Å². The van der Waals surface area contributed by atoms with Crippen molar-refractivity contribution in [1.82, 2.24) is 15.1 Å². The fraction of sp³-hybridized carbons (Fsp3) is 0.235. The molecule has 0 bridgehead atoms. The molecular formula is C17H18ClN3. The SMILES string of the molecule is Cc1cc(Cl)cc(CNCCn2cc3ccccc3n2)c1. The highest BCUT2D eigenvalue weighted by Crippen LogP contribution is 2.14. The van der Waals surface area contributed by atoms with Gasteiger partial charge in [-0.1, -0.05) is 35.9 Å². The minimum absolute atomic E-state index is 0.796. The lowest BCUT2D eigenvalue weighted by Gasteiger charge is -2.06. The standard InChI is InChI=1S/C17H18ClN3/c1-13-8-14(10-16(18)9-13)11-19-6-7-21-12-15-4-2-3-5-17(15)20-21/h2-5,8-10,12,19H,6-7,11H2,1H3. The van der Waals surface area contributed by atoms with Crippen molar-refractivity contribution in [3.05, 3.63) is 64.8 Å². The van der Waals surface area contributed by atoms with E-state index in [0.29, 0.717) is 0 Å². The Morgan fingerprint density at radius 1 is 1.19 bits per heavy atom. The number of aryl methyl sites for hydroxylation is 1. The van der Waals surface area contributed by atoms with Crippen LogP contribution in [-0.4, -0.2) is 16.3 Å². The zero-order valence-corrected chi connectivity index (χ0v) is 12.8. The maximum absolute atomic E-state index is 6.06. The summed E-state index contributed by atoms with van der Waals surface area (Å²) in [5.41, 5.74) is 3.45. The summed E-state index contributed by atoms with van der Waals surface area (Å²) in [5.74, 6) is 0. The molecule has 0 amide bonds. The lowest BCUT2D eigenvalue weighted by Crippen LogP contribution is -2.19. The van der Waals surface area contributed by atoms with Gasteiger partial charge in [-0.15, -0.1) is 0 Å². The van der Waals surface area contributed by atoms with Crippen LogP contribution < -0.4 is 5.32 Å². The molecule has 1 N–H and O–H groups in total. The van der Waals surface area contributed by atoms with Crippen molar-refractivity contribution in [2.75, 3.05) is 6.54 Å². The molecule has 0 fully saturated rings. The highest BCUT2D eigenvalue weighted by molar-refractivity contribution is 6.30. The highest BCUT2D eigenvalue weighted by atomic mass is 35.5. The van der Waals surface area contributed by atoms with Gasteiger partial charge in [-0.2, -0.15) is 5.10 Å². The Balaban J connectivity index is 1.54. The monoisotopic (exact) mass is 299 g/mol. The molecule has 0 aliphatic carbocycles. The van der Waals surface area contributed by atoms with Crippen LogP contribution in [0.3, 0.4) is 0 Å². The smallest absolute Gasteiger partial charge is 0.0923 e. The number of aromatic nitrogens is 2. The first-order valence-corrected chi connectivity index (χ1v) is 7.47. The number of rotatable bonds is 5. The summed E-state index contributed by atoms with van der Waals surface area (Å²) in [4.78, 5) is 0. The van der Waals surface area contributed by atoms with Crippen LogP contribution in [0.5, 0.6) is 0 Å². The van der Waals surface area contributed by atoms with E-state index in [9.17, 15) is 0 Å². The molecular weight excluding hydrogens is 282 g/mol. The Morgan fingerprint density at radius 2 is 2.05 bits per heavy atom. The predicted octanol–water partition coefficient (Wildman–Crippen LogP) is 3.79. The molecule has 0 aliphatic rings. The summed E-state index contributed by atoms with van der Waals surface area (Å²) in [7, 11) is 0. The Bertz CT molecular complexity index is 695. The average molecular weight is 300 g/mol. The van der Waals surface area contributed by atoms with Gasteiger partial charge in [-0.3, -0.25) is 4.68 Å². The van der Waals surface area contributed by atoms with E-state index in [4.69, 9.17) is 11.6 Å². The van der Waals surface area contributed by atoms with E-state index >= 15 is 0 Å². The lowest BCUT2D eigenvalue weighted by atomic mass is 10.1. The Labute approximate surface area is 129 Å². The zero-order valence-electron chi connectivity index (χ0n) is 12.0. The van der Waals surface area contributed by atoms with Crippen LogP contribution in [0.25, 0.3) is 10.9 Å². The first-order chi connectivity index (χ1) is 10.2. The number of nitrogens with zero attached hydrogens (tertiary/aromatic N) is 2. The zero-order chi connectivity index (χ0) is 14.7. The van der Waals surface area contributed by atoms with Crippen LogP contribution in [0, 0.1) is 6.92 Å². The molecule has 1 aromatic heterocycles. The number of hydrogen-bond acceptors (Lipinski definition) is 2. The van der Waals surface area contributed by atoms with E-state index < -0.39 is 0 Å². The van der Waals surface area contributed by atoms with Gasteiger partial charge in [0.15, 0.2) is 0 Å². The minimum atomic E-state index is 0.796. The van der Waals surface area contributed by atoms with Gasteiger partial charge in [-0.05, 0) is 36.2 Å². The second kappa shape index (κ2) is 6.29. The van der Waals surface area contributed by atoms with Crippen LogP contribution in [0.15, 0.2) is 48.7 Å². The number of fused-ring (bicyclic) bond motifs is 1. The van der Waals surface area contributed by atoms with E-state index in [1.807, 2.05) is 35.0 Å². The van der Waals surface area contributed by atoms with Gasteiger partial charge in [0.05, 0.1) is 12.1 Å². The van der Waals surface area contributed by atoms with Crippen LogP contribution in [0.2, 0.25) is 5.02 Å². The molecule has 0 atom stereocenters. The maximum atomic E-state index is 6.06. The minimum Gasteiger partial charge on any atom is -0.311 e. The summed E-state index contributed by atoms with van der Waals surface area (Å²) in [6.07, 6.45) is 2.08. The Hall–Kier alpha value is -1.84. The van der Waals surface area contributed by atoms with Crippen molar-refractivity contribution in [3.63, 3.8) is 0 Å². The molecule has 21 heavy (non-hydrogen) atoms. The molecule has 3 rings (SSSR count). The van der Waals surface area contributed by atoms with E-state index in [1.165, 1.54) is 16.5 Å². The topological polar surface area (TPSA) is 29.9 Å². The first-order valence-electron chi connectivity index (χ1n) is 7.10. The molecule has 3 nitrogen and oxygen atoms in total. The third-order valence-electron chi connectivity index (χ3n) is 3.41. The molecule has 3 aromatic rings. The van der Waals surface area contributed by atoms with Gasteiger partial charge >= 0.3 is 0 Å². The van der Waals surface area contributed by atoms with Crippen molar-refractivity contribution in [3.8, 4) is 0 Å². The molecule has 1 heterocycles. The van der Waals surface area contributed by atoms with Crippen molar-refractivity contribution >= 4 is 22.5 Å². The number of halogens is 1. The maximum Gasteiger partial charge on any atom is 0.0923 e. The van der Waals surface area contributed by atoms with Crippen LogP contribution in [0.1, 0.15) is 11.1 Å². The largest absolute Gasteiger partial charge is 0.311 e. The first kappa shape index (κ1) is 14.1. The second-order valence-corrected chi connectivity index (χ2v) is 5.70. The van der Waals surface area contributed by atoms with Crippen LogP contribution in [-0.2, 0) is 13.1 Å². The number of hydrogen-bond donors (Lipinski definition) is 1.